The summed E-state index contributed by atoms with van der Waals surface area (Å²) in [6.07, 6.45) is 2.88. The smallest absolute Gasteiger partial charge is 0.133 e. The maximum absolute atomic E-state index is 8.54. The number of nitriles is 2. The SMILES string of the molecule is N#CCCN(CC(Cl)C#N)C1CC1. The molecular weight excluding hydrogens is 186 g/mol. The summed E-state index contributed by atoms with van der Waals surface area (Å²) in [6, 6.07) is 4.67. The molecule has 0 N–H and O–H groups in total. The van der Waals surface area contributed by atoms with Crippen molar-refractivity contribution in [3.63, 3.8) is 0 Å². The fraction of sp³-hybridized carbons (Fsp3) is 0.778. The van der Waals surface area contributed by atoms with Crippen molar-refractivity contribution < 1.29 is 0 Å². The van der Waals surface area contributed by atoms with Gasteiger partial charge in [0.25, 0.3) is 0 Å². The lowest BCUT2D eigenvalue weighted by atomic mass is 10.3. The molecule has 3 nitrogen and oxygen atoms in total. The van der Waals surface area contributed by atoms with Crippen LogP contribution < -0.4 is 0 Å². The fourth-order valence-corrected chi connectivity index (χ4v) is 1.48. The van der Waals surface area contributed by atoms with Gasteiger partial charge in [-0.1, -0.05) is 0 Å². The van der Waals surface area contributed by atoms with Gasteiger partial charge in [0.05, 0.1) is 12.1 Å². The van der Waals surface area contributed by atoms with Crippen LogP contribution in [0.5, 0.6) is 0 Å². The molecule has 0 spiro atoms. The van der Waals surface area contributed by atoms with Crippen molar-refractivity contribution in [2.45, 2.75) is 30.7 Å². The molecule has 0 heterocycles. The van der Waals surface area contributed by atoms with Crippen LogP contribution in [0.4, 0.5) is 0 Å². The van der Waals surface area contributed by atoms with Crippen molar-refractivity contribution >= 4 is 11.6 Å². The number of halogens is 1. The monoisotopic (exact) mass is 197 g/mol. The summed E-state index contributed by atoms with van der Waals surface area (Å²) >= 11 is 5.73. The van der Waals surface area contributed by atoms with Gasteiger partial charge in [-0.05, 0) is 12.8 Å². The van der Waals surface area contributed by atoms with E-state index in [0.717, 1.165) is 6.54 Å². The molecule has 0 aliphatic heterocycles. The van der Waals surface area contributed by atoms with E-state index in [1.165, 1.54) is 12.8 Å². The van der Waals surface area contributed by atoms with Crippen LogP contribution >= 0.6 is 11.6 Å². The minimum Gasteiger partial charge on any atom is -0.297 e. The van der Waals surface area contributed by atoms with Crippen LogP contribution in [0.2, 0.25) is 0 Å². The van der Waals surface area contributed by atoms with Crippen LogP contribution in [0.25, 0.3) is 0 Å². The molecule has 1 atom stereocenters. The van der Waals surface area contributed by atoms with Crippen molar-refractivity contribution in [1.82, 2.24) is 4.90 Å². The highest BCUT2D eigenvalue weighted by atomic mass is 35.5. The molecule has 0 amide bonds. The Kier molecular flexibility index (Phi) is 4.02. The number of alkyl halides is 1. The van der Waals surface area contributed by atoms with E-state index in [4.69, 9.17) is 22.1 Å². The summed E-state index contributed by atoms with van der Waals surface area (Å²) < 4.78 is 0. The lowest BCUT2D eigenvalue weighted by Gasteiger charge is -2.20. The summed E-state index contributed by atoms with van der Waals surface area (Å²) in [4.78, 5) is 2.14. The predicted molar refractivity (Wildman–Crippen MR) is 50.1 cm³/mol. The van der Waals surface area contributed by atoms with Crippen molar-refractivity contribution in [3.05, 3.63) is 0 Å². The molecule has 0 radical (unpaired) electrons. The first-order valence-corrected chi connectivity index (χ1v) is 4.86. The Balaban J connectivity index is 2.30. The van der Waals surface area contributed by atoms with E-state index >= 15 is 0 Å². The number of hydrogen-bond acceptors (Lipinski definition) is 3. The van der Waals surface area contributed by atoms with Crippen LogP contribution in [0.15, 0.2) is 0 Å². The first kappa shape index (κ1) is 10.3. The molecule has 0 aromatic rings. The highest BCUT2D eigenvalue weighted by molar-refractivity contribution is 6.22. The molecule has 0 bridgehead atoms. The Morgan fingerprint density at radius 1 is 1.46 bits per heavy atom. The molecular formula is C9H12ClN3. The van der Waals surface area contributed by atoms with Crippen LogP contribution in [0.1, 0.15) is 19.3 Å². The van der Waals surface area contributed by atoms with E-state index in [1.54, 1.807) is 0 Å². The molecule has 1 fully saturated rings. The minimum atomic E-state index is -0.445. The highest BCUT2D eigenvalue weighted by Crippen LogP contribution is 2.27. The summed E-state index contributed by atoms with van der Waals surface area (Å²) in [5.41, 5.74) is 0. The molecule has 1 rings (SSSR count). The molecule has 4 heteroatoms. The standard InChI is InChI=1S/C9H12ClN3/c10-8(6-12)7-13(5-1-4-11)9-2-3-9/h8-9H,1-3,5,7H2. The normalized spacial score (nSPS) is 17.8. The minimum absolute atomic E-state index is 0.445. The van der Waals surface area contributed by atoms with Crippen molar-refractivity contribution in [1.29, 1.82) is 10.5 Å². The zero-order valence-electron chi connectivity index (χ0n) is 7.41. The largest absolute Gasteiger partial charge is 0.297 e. The van der Waals surface area contributed by atoms with Gasteiger partial charge in [0.2, 0.25) is 0 Å². The Morgan fingerprint density at radius 3 is 2.62 bits per heavy atom. The summed E-state index contributed by atoms with van der Waals surface area (Å²) in [6.45, 7) is 1.33. The van der Waals surface area contributed by atoms with Crippen LogP contribution in [0, 0.1) is 22.7 Å². The molecule has 1 saturated carbocycles. The van der Waals surface area contributed by atoms with E-state index in [0.29, 0.717) is 19.0 Å². The van der Waals surface area contributed by atoms with Gasteiger partial charge in [-0.25, -0.2) is 0 Å². The topological polar surface area (TPSA) is 50.8 Å². The zero-order valence-corrected chi connectivity index (χ0v) is 8.17. The molecule has 0 aromatic heterocycles. The predicted octanol–water partition coefficient (Wildman–Crippen LogP) is 1.50. The Morgan fingerprint density at radius 2 is 2.15 bits per heavy atom. The average molecular weight is 198 g/mol. The lowest BCUT2D eigenvalue weighted by molar-refractivity contribution is 0.277. The third-order valence-corrected chi connectivity index (χ3v) is 2.34. The molecule has 1 unspecified atom stereocenters. The summed E-state index contributed by atoms with van der Waals surface area (Å²) in [5.74, 6) is 0. The van der Waals surface area contributed by atoms with E-state index in [2.05, 4.69) is 11.0 Å². The van der Waals surface area contributed by atoms with Gasteiger partial charge in [0.1, 0.15) is 5.38 Å². The summed E-state index contributed by atoms with van der Waals surface area (Å²) in [5, 5.41) is 16.5. The molecule has 70 valence electrons. The van der Waals surface area contributed by atoms with E-state index in [1.807, 2.05) is 6.07 Å². The Labute approximate surface area is 83.5 Å². The van der Waals surface area contributed by atoms with Gasteiger partial charge in [-0.2, -0.15) is 10.5 Å². The molecule has 13 heavy (non-hydrogen) atoms. The van der Waals surface area contributed by atoms with Crippen LogP contribution in [-0.4, -0.2) is 29.4 Å². The third-order valence-electron chi connectivity index (χ3n) is 2.11. The van der Waals surface area contributed by atoms with Crippen molar-refractivity contribution in [2.75, 3.05) is 13.1 Å². The van der Waals surface area contributed by atoms with E-state index in [-0.39, 0.29) is 0 Å². The van der Waals surface area contributed by atoms with Crippen molar-refractivity contribution in [3.8, 4) is 12.1 Å². The van der Waals surface area contributed by atoms with E-state index < -0.39 is 5.38 Å². The maximum Gasteiger partial charge on any atom is 0.133 e. The fourth-order valence-electron chi connectivity index (χ4n) is 1.30. The van der Waals surface area contributed by atoms with Crippen LogP contribution in [0.3, 0.4) is 0 Å². The van der Waals surface area contributed by atoms with Crippen molar-refractivity contribution in [2.24, 2.45) is 0 Å². The molecule has 0 saturated heterocycles. The zero-order chi connectivity index (χ0) is 9.68. The number of nitrogens with zero attached hydrogens (tertiary/aromatic N) is 3. The third kappa shape index (κ3) is 3.63. The molecule has 1 aliphatic carbocycles. The number of rotatable bonds is 5. The van der Waals surface area contributed by atoms with Gasteiger partial charge >= 0.3 is 0 Å². The van der Waals surface area contributed by atoms with Gasteiger partial charge in [-0.15, -0.1) is 11.6 Å². The number of hydrogen-bond donors (Lipinski definition) is 0. The van der Waals surface area contributed by atoms with Gasteiger partial charge in [0.15, 0.2) is 0 Å². The quantitative estimate of drug-likeness (QED) is 0.628. The second-order valence-corrected chi connectivity index (χ2v) is 3.76. The van der Waals surface area contributed by atoms with Crippen LogP contribution in [-0.2, 0) is 0 Å². The maximum atomic E-state index is 8.54. The Bertz CT molecular complexity index is 236. The average Bonchev–Trinajstić information content (AvgIpc) is 2.94. The highest BCUT2D eigenvalue weighted by Gasteiger charge is 2.29. The van der Waals surface area contributed by atoms with E-state index in [9.17, 15) is 0 Å². The second-order valence-electron chi connectivity index (χ2n) is 3.23. The molecule has 0 aromatic carbocycles. The van der Waals surface area contributed by atoms with Gasteiger partial charge in [-0.3, -0.25) is 4.90 Å². The first-order chi connectivity index (χ1) is 6.27. The van der Waals surface area contributed by atoms with Gasteiger partial charge in [0, 0.05) is 25.6 Å². The summed E-state index contributed by atoms with van der Waals surface area (Å²) in [7, 11) is 0. The molecule has 1 aliphatic rings. The van der Waals surface area contributed by atoms with Gasteiger partial charge < -0.3 is 0 Å². The first-order valence-electron chi connectivity index (χ1n) is 4.42. The second kappa shape index (κ2) is 5.07. The Hall–Kier alpha value is -0.770. The lowest BCUT2D eigenvalue weighted by Crippen LogP contribution is -2.32.